The highest BCUT2D eigenvalue weighted by molar-refractivity contribution is 5.87. The van der Waals surface area contributed by atoms with Crippen molar-refractivity contribution in [1.29, 1.82) is 0 Å². The lowest BCUT2D eigenvalue weighted by molar-refractivity contribution is -0.428. The van der Waals surface area contributed by atoms with Crippen molar-refractivity contribution in [2.45, 2.75) is 62.2 Å². The predicted octanol–water partition coefficient (Wildman–Crippen LogP) is 4.71. The van der Waals surface area contributed by atoms with Gasteiger partial charge in [0.15, 0.2) is 6.61 Å². The van der Waals surface area contributed by atoms with Gasteiger partial charge in [0, 0.05) is 12.5 Å². The predicted molar refractivity (Wildman–Crippen MR) is 87.7 cm³/mol. The van der Waals surface area contributed by atoms with Crippen LogP contribution in [0.3, 0.4) is 0 Å². The number of ether oxygens (including phenoxy) is 3. The van der Waals surface area contributed by atoms with Gasteiger partial charge in [-0.1, -0.05) is 6.58 Å². The Morgan fingerprint density at radius 2 is 1.25 bits per heavy atom. The molecule has 0 rings (SSSR count). The van der Waals surface area contributed by atoms with E-state index in [0.717, 1.165) is 6.92 Å². The molecule has 0 saturated heterocycles. The topological polar surface area (TPSA) is 78.9 Å². The van der Waals surface area contributed by atoms with Gasteiger partial charge in [-0.25, -0.2) is 18.8 Å². The molecule has 0 aliphatic rings. The Morgan fingerprint density at radius 1 is 0.806 bits per heavy atom. The summed E-state index contributed by atoms with van der Waals surface area (Å²) >= 11 is 0. The van der Waals surface area contributed by atoms with E-state index in [4.69, 9.17) is 0 Å². The first kappa shape index (κ1) is 33.2. The maximum Gasteiger partial charge on any atom is 0.438 e. The summed E-state index contributed by atoms with van der Waals surface area (Å²) in [5.41, 5.74) is -8.31. The smallest absolute Gasteiger partial charge is 0.438 e. The van der Waals surface area contributed by atoms with Crippen molar-refractivity contribution in [2.75, 3.05) is 13.2 Å². The van der Waals surface area contributed by atoms with Crippen LogP contribution in [-0.4, -0.2) is 73.0 Å². The summed E-state index contributed by atoms with van der Waals surface area (Å²) < 4.78 is 182. The lowest BCUT2D eigenvalue weighted by atomic mass is 9.88. The number of carbonyl (C=O) groups is 3. The largest absolute Gasteiger partial charge is 0.458 e. The second-order valence-electron chi connectivity index (χ2n) is 7.09. The molecule has 0 aromatic carbocycles. The lowest BCUT2D eigenvalue weighted by Crippen LogP contribution is -2.70. The molecular weight excluding hydrogens is 547 g/mol. The summed E-state index contributed by atoms with van der Waals surface area (Å²) in [7, 11) is 0. The maximum atomic E-state index is 14.1. The van der Waals surface area contributed by atoms with Crippen LogP contribution in [0.15, 0.2) is 12.2 Å². The molecule has 0 fully saturated rings. The molecule has 19 heteroatoms. The van der Waals surface area contributed by atoms with Crippen molar-refractivity contribution < 1.29 is 85.7 Å². The van der Waals surface area contributed by atoms with Crippen LogP contribution >= 0.6 is 0 Å². The molecule has 0 N–H and O–H groups in total. The van der Waals surface area contributed by atoms with Crippen LogP contribution in [0.2, 0.25) is 0 Å². The molecule has 0 aliphatic carbocycles. The molecular formula is C17H15F13O6. The zero-order valence-corrected chi connectivity index (χ0v) is 17.8. The minimum atomic E-state index is -7.80. The second kappa shape index (κ2) is 10.7. The average molecular weight is 562 g/mol. The average Bonchev–Trinajstić information content (AvgIpc) is 2.65. The van der Waals surface area contributed by atoms with Gasteiger partial charge in [-0.15, -0.1) is 0 Å². The van der Waals surface area contributed by atoms with Crippen molar-refractivity contribution in [1.82, 2.24) is 0 Å². The minimum Gasteiger partial charge on any atom is -0.458 e. The van der Waals surface area contributed by atoms with Gasteiger partial charge in [-0.2, -0.15) is 52.7 Å². The molecule has 0 radical (unpaired) electrons. The molecule has 0 saturated carbocycles. The highest BCUT2D eigenvalue weighted by Crippen LogP contribution is 2.59. The van der Waals surface area contributed by atoms with Crippen molar-refractivity contribution in [3.05, 3.63) is 12.2 Å². The van der Waals surface area contributed by atoms with Gasteiger partial charge >= 0.3 is 53.7 Å². The van der Waals surface area contributed by atoms with Crippen molar-refractivity contribution in [2.24, 2.45) is 0 Å². The van der Waals surface area contributed by atoms with Crippen LogP contribution in [0, 0.1) is 0 Å². The van der Waals surface area contributed by atoms with E-state index in [1.54, 1.807) is 0 Å². The van der Waals surface area contributed by atoms with E-state index in [-0.39, 0.29) is 6.92 Å². The molecule has 1 atom stereocenters. The zero-order chi connectivity index (χ0) is 29.1. The first-order chi connectivity index (χ1) is 15.7. The van der Waals surface area contributed by atoms with Gasteiger partial charge < -0.3 is 14.2 Å². The van der Waals surface area contributed by atoms with Crippen LogP contribution in [0.4, 0.5) is 57.1 Å². The van der Waals surface area contributed by atoms with Crippen LogP contribution in [0.1, 0.15) is 20.3 Å². The zero-order valence-electron chi connectivity index (χ0n) is 17.8. The summed E-state index contributed by atoms with van der Waals surface area (Å²) in [4.78, 5) is 33.8. The van der Waals surface area contributed by atoms with E-state index in [1.807, 2.05) is 0 Å². The maximum absolute atomic E-state index is 14.1. The Morgan fingerprint density at radius 3 is 1.61 bits per heavy atom. The number of esters is 3. The molecule has 0 aliphatic heterocycles. The van der Waals surface area contributed by atoms with Gasteiger partial charge in [0.05, 0.1) is 6.42 Å². The Balaban J connectivity index is 6.08. The van der Waals surface area contributed by atoms with E-state index in [2.05, 4.69) is 20.8 Å². The Bertz CT molecular complexity index is 827. The van der Waals surface area contributed by atoms with E-state index in [9.17, 15) is 71.5 Å². The molecule has 0 aromatic rings. The van der Waals surface area contributed by atoms with Crippen molar-refractivity contribution >= 4 is 17.9 Å². The van der Waals surface area contributed by atoms with Crippen LogP contribution in [0.25, 0.3) is 0 Å². The molecule has 36 heavy (non-hydrogen) atoms. The molecule has 0 amide bonds. The Hall–Kier alpha value is -2.76. The first-order valence-electron chi connectivity index (χ1n) is 8.87. The number of hydrogen-bond acceptors (Lipinski definition) is 6. The fraction of sp³-hybridized carbons (Fsp3) is 0.706. The highest BCUT2D eigenvalue weighted by Gasteiger charge is 2.90. The van der Waals surface area contributed by atoms with Gasteiger partial charge in [0.1, 0.15) is 12.7 Å². The molecule has 0 aromatic heterocycles. The monoisotopic (exact) mass is 562 g/mol. The molecule has 1 unspecified atom stereocenters. The summed E-state index contributed by atoms with van der Waals surface area (Å²) in [5.74, 6) is -24.4. The normalized spacial score (nSPS) is 14.6. The quantitative estimate of drug-likeness (QED) is 0.157. The third kappa shape index (κ3) is 7.37. The Kier molecular flexibility index (Phi) is 9.87. The van der Waals surface area contributed by atoms with Crippen LogP contribution in [0.5, 0.6) is 0 Å². The number of halogens is 13. The SMILES string of the molecule is C=C(C)C(=O)OCC(CC(F)(F)C(F)(F)C(F)(C(F)(F)F)C(F)(F)F)OC(=O)COC(=O)C(C)(F)F. The van der Waals surface area contributed by atoms with E-state index < -0.39 is 85.0 Å². The van der Waals surface area contributed by atoms with Gasteiger partial charge in [0.25, 0.3) is 0 Å². The van der Waals surface area contributed by atoms with Crippen molar-refractivity contribution in [3.63, 3.8) is 0 Å². The lowest BCUT2D eigenvalue weighted by Gasteiger charge is -2.40. The van der Waals surface area contributed by atoms with E-state index in [0.29, 0.717) is 0 Å². The van der Waals surface area contributed by atoms with Crippen molar-refractivity contribution in [3.8, 4) is 0 Å². The molecule has 0 spiro atoms. The summed E-state index contributed by atoms with van der Waals surface area (Å²) in [6, 6.07) is 0. The molecule has 210 valence electrons. The number of rotatable bonds is 11. The number of carbonyl (C=O) groups excluding carboxylic acids is 3. The highest BCUT2D eigenvalue weighted by atomic mass is 19.4. The standard InChI is InChI=1S/C17H15F13O6/c1-7(2)10(32)34-5-8(36-9(31)6-35-11(33)12(3,18)19)4-13(20,21)15(23,24)14(22,16(25,26)27)17(28,29)30/h8H,1,4-6H2,2-3H3. The van der Waals surface area contributed by atoms with Gasteiger partial charge in [0.2, 0.25) is 0 Å². The van der Waals surface area contributed by atoms with E-state index >= 15 is 0 Å². The third-order valence-corrected chi connectivity index (χ3v) is 3.88. The molecule has 0 bridgehead atoms. The molecule has 6 nitrogen and oxygen atoms in total. The van der Waals surface area contributed by atoms with Gasteiger partial charge in [-0.05, 0) is 6.92 Å². The van der Waals surface area contributed by atoms with Crippen LogP contribution in [-0.2, 0) is 28.6 Å². The van der Waals surface area contributed by atoms with Crippen LogP contribution < -0.4 is 0 Å². The second-order valence-corrected chi connectivity index (χ2v) is 7.09. The minimum absolute atomic E-state index is 0.0201. The molecule has 0 heterocycles. The number of alkyl halides is 13. The first-order valence-corrected chi connectivity index (χ1v) is 8.87. The summed E-state index contributed by atoms with van der Waals surface area (Å²) in [5, 5.41) is 0. The van der Waals surface area contributed by atoms with E-state index in [1.165, 1.54) is 0 Å². The third-order valence-electron chi connectivity index (χ3n) is 3.88. The summed E-state index contributed by atoms with van der Waals surface area (Å²) in [6.45, 7) is 0.307. The summed E-state index contributed by atoms with van der Waals surface area (Å²) in [6.07, 6.45) is -21.3. The fourth-order valence-corrected chi connectivity index (χ4v) is 2.08. The number of hydrogen-bond donors (Lipinski definition) is 0. The van der Waals surface area contributed by atoms with Gasteiger partial charge in [-0.3, -0.25) is 0 Å². The Labute approximate surface area is 192 Å². The fourth-order valence-electron chi connectivity index (χ4n) is 2.08.